The zero-order valence-corrected chi connectivity index (χ0v) is 8.12. The number of ether oxygens (including phenoxy) is 1. The zero-order valence-electron chi connectivity index (χ0n) is 8.12. The van der Waals surface area contributed by atoms with Crippen LogP contribution in [0.2, 0.25) is 0 Å². The van der Waals surface area contributed by atoms with Crippen molar-refractivity contribution in [2.75, 3.05) is 6.61 Å². The number of benzene rings is 1. The zero-order chi connectivity index (χ0) is 9.10. The molecular weight excluding hydrogens is 160 g/mol. The fraction of sp³-hybridized carbons (Fsp3) is 0.500. The van der Waals surface area contributed by atoms with Crippen LogP contribution in [0.15, 0.2) is 24.3 Å². The lowest BCUT2D eigenvalue weighted by Gasteiger charge is -2.22. The quantitative estimate of drug-likeness (QED) is 0.638. The molecule has 1 atom stereocenters. The van der Waals surface area contributed by atoms with Crippen LogP contribution in [0.5, 0.6) is 0 Å². The van der Waals surface area contributed by atoms with Gasteiger partial charge in [-0.15, -0.1) is 0 Å². The molecule has 1 saturated heterocycles. The van der Waals surface area contributed by atoms with E-state index in [0.717, 1.165) is 6.61 Å². The Labute approximate surface area is 79.7 Å². The van der Waals surface area contributed by atoms with Gasteiger partial charge in [0, 0.05) is 6.61 Å². The van der Waals surface area contributed by atoms with Gasteiger partial charge in [0.25, 0.3) is 0 Å². The summed E-state index contributed by atoms with van der Waals surface area (Å²) in [6.45, 7) is 3.05. The van der Waals surface area contributed by atoms with Crippen molar-refractivity contribution in [1.29, 1.82) is 0 Å². The predicted molar refractivity (Wildman–Crippen MR) is 53.7 cm³/mol. The Hall–Kier alpha value is -0.820. The molecule has 0 unspecified atom stereocenters. The normalized spacial score (nSPS) is 23.0. The predicted octanol–water partition coefficient (Wildman–Crippen LogP) is 3.24. The maximum absolute atomic E-state index is 5.70. The van der Waals surface area contributed by atoms with Crippen molar-refractivity contribution in [3.05, 3.63) is 35.4 Å². The number of hydrogen-bond donors (Lipinski definition) is 0. The molecule has 1 nitrogen and oxygen atoms in total. The van der Waals surface area contributed by atoms with Crippen LogP contribution in [0.3, 0.4) is 0 Å². The molecule has 2 rings (SSSR count). The lowest BCUT2D eigenvalue weighted by molar-refractivity contribution is 0.0149. The summed E-state index contributed by atoms with van der Waals surface area (Å²) >= 11 is 0. The fourth-order valence-corrected chi connectivity index (χ4v) is 1.78. The minimum Gasteiger partial charge on any atom is -0.374 e. The van der Waals surface area contributed by atoms with E-state index in [2.05, 4.69) is 31.2 Å². The molecule has 70 valence electrons. The molecular formula is C12H16O. The van der Waals surface area contributed by atoms with E-state index in [-0.39, 0.29) is 0 Å². The summed E-state index contributed by atoms with van der Waals surface area (Å²) in [5, 5.41) is 0. The summed E-state index contributed by atoms with van der Waals surface area (Å²) < 4.78 is 5.70. The highest BCUT2D eigenvalue weighted by atomic mass is 16.5. The van der Waals surface area contributed by atoms with E-state index in [4.69, 9.17) is 4.74 Å². The van der Waals surface area contributed by atoms with Gasteiger partial charge in [0.05, 0.1) is 6.10 Å². The van der Waals surface area contributed by atoms with Gasteiger partial charge in [0.2, 0.25) is 0 Å². The molecule has 0 saturated carbocycles. The van der Waals surface area contributed by atoms with Gasteiger partial charge >= 0.3 is 0 Å². The van der Waals surface area contributed by atoms with Crippen molar-refractivity contribution in [3.63, 3.8) is 0 Å². The minimum absolute atomic E-state index is 0.356. The van der Waals surface area contributed by atoms with Gasteiger partial charge < -0.3 is 4.74 Å². The van der Waals surface area contributed by atoms with Crippen molar-refractivity contribution < 1.29 is 4.74 Å². The molecule has 1 heteroatoms. The Balaban J connectivity index is 2.10. The van der Waals surface area contributed by atoms with Gasteiger partial charge in [0.1, 0.15) is 0 Å². The summed E-state index contributed by atoms with van der Waals surface area (Å²) in [5.41, 5.74) is 2.66. The lowest BCUT2D eigenvalue weighted by atomic mass is 10.0. The summed E-state index contributed by atoms with van der Waals surface area (Å²) in [7, 11) is 0. The van der Waals surface area contributed by atoms with E-state index in [0.29, 0.717) is 6.10 Å². The first-order chi connectivity index (χ1) is 6.36. The minimum atomic E-state index is 0.356. The third-order valence-electron chi connectivity index (χ3n) is 2.63. The van der Waals surface area contributed by atoms with E-state index in [1.54, 1.807) is 0 Å². The van der Waals surface area contributed by atoms with E-state index in [1.165, 1.54) is 30.4 Å². The molecule has 0 radical (unpaired) electrons. The van der Waals surface area contributed by atoms with Crippen LogP contribution in [0.1, 0.15) is 36.5 Å². The summed E-state index contributed by atoms with van der Waals surface area (Å²) in [5.74, 6) is 0. The van der Waals surface area contributed by atoms with Crippen molar-refractivity contribution >= 4 is 0 Å². The van der Waals surface area contributed by atoms with Crippen LogP contribution in [0, 0.1) is 6.92 Å². The molecule has 0 amide bonds. The average molecular weight is 176 g/mol. The topological polar surface area (TPSA) is 9.23 Å². The first-order valence-corrected chi connectivity index (χ1v) is 5.04. The van der Waals surface area contributed by atoms with Gasteiger partial charge in [-0.2, -0.15) is 0 Å². The highest BCUT2D eigenvalue weighted by molar-refractivity contribution is 5.23. The first kappa shape index (κ1) is 8.76. The highest BCUT2D eigenvalue weighted by Gasteiger charge is 2.14. The molecule has 13 heavy (non-hydrogen) atoms. The fourth-order valence-electron chi connectivity index (χ4n) is 1.78. The van der Waals surface area contributed by atoms with Crippen LogP contribution < -0.4 is 0 Å². The standard InChI is InChI=1S/C12H16O/c1-10-5-7-11(8-6-10)12-4-2-3-9-13-12/h5-8,12H,2-4,9H2,1H3/t12-/m0/s1. The molecule has 0 N–H and O–H groups in total. The smallest absolute Gasteiger partial charge is 0.0824 e. The highest BCUT2D eigenvalue weighted by Crippen LogP contribution is 2.27. The first-order valence-electron chi connectivity index (χ1n) is 5.04. The van der Waals surface area contributed by atoms with E-state index in [1.807, 2.05) is 0 Å². The molecule has 0 aliphatic carbocycles. The van der Waals surface area contributed by atoms with Crippen LogP contribution in [0.25, 0.3) is 0 Å². The molecule has 1 heterocycles. The second-order valence-corrected chi connectivity index (χ2v) is 3.77. The molecule has 0 spiro atoms. The third-order valence-corrected chi connectivity index (χ3v) is 2.63. The third kappa shape index (κ3) is 2.10. The molecule has 0 aromatic heterocycles. The second-order valence-electron chi connectivity index (χ2n) is 3.77. The largest absolute Gasteiger partial charge is 0.374 e. The van der Waals surface area contributed by atoms with Crippen LogP contribution >= 0.6 is 0 Å². The number of rotatable bonds is 1. The van der Waals surface area contributed by atoms with Crippen LogP contribution in [-0.2, 0) is 4.74 Å². The van der Waals surface area contributed by atoms with Crippen molar-refractivity contribution in [3.8, 4) is 0 Å². The van der Waals surface area contributed by atoms with Gasteiger partial charge in [0.15, 0.2) is 0 Å². The average Bonchev–Trinajstić information content (AvgIpc) is 2.20. The van der Waals surface area contributed by atoms with E-state index >= 15 is 0 Å². The maximum atomic E-state index is 5.70. The summed E-state index contributed by atoms with van der Waals surface area (Å²) in [6, 6.07) is 8.69. The Bertz CT molecular complexity index is 257. The Kier molecular flexibility index (Phi) is 2.65. The molecule has 0 bridgehead atoms. The van der Waals surface area contributed by atoms with E-state index in [9.17, 15) is 0 Å². The van der Waals surface area contributed by atoms with E-state index < -0.39 is 0 Å². The van der Waals surface area contributed by atoms with Crippen molar-refractivity contribution in [2.45, 2.75) is 32.3 Å². The summed E-state index contributed by atoms with van der Waals surface area (Å²) in [4.78, 5) is 0. The lowest BCUT2D eigenvalue weighted by Crippen LogP contribution is -2.11. The summed E-state index contributed by atoms with van der Waals surface area (Å²) in [6.07, 6.45) is 4.07. The maximum Gasteiger partial charge on any atom is 0.0824 e. The van der Waals surface area contributed by atoms with Crippen molar-refractivity contribution in [1.82, 2.24) is 0 Å². The Morgan fingerprint density at radius 2 is 1.92 bits per heavy atom. The van der Waals surface area contributed by atoms with Gasteiger partial charge in [-0.3, -0.25) is 0 Å². The Morgan fingerprint density at radius 1 is 1.15 bits per heavy atom. The molecule has 1 fully saturated rings. The van der Waals surface area contributed by atoms with Crippen LogP contribution in [0.4, 0.5) is 0 Å². The second kappa shape index (κ2) is 3.93. The molecule has 1 aromatic carbocycles. The monoisotopic (exact) mass is 176 g/mol. The SMILES string of the molecule is Cc1ccc([C@@H]2CCCCO2)cc1. The van der Waals surface area contributed by atoms with Crippen molar-refractivity contribution in [2.24, 2.45) is 0 Å². The Morgan fingerprint density at radius 3 is 2.54 bits per heavy atom. The molecule has 1 aliphatic rings. The number of hydrogen-bond acceptors (Lipinski definition) is 1. The molecule has 1 aliphatic heterocycles. The van der Waals surface area contributed by atoms with Gasteiger partial charge in [-0.25, -0.2) is 0 Å². The van der Waals surface area contributed by atoms with Gasteiger partial charge in [-0.1, -0.05) is 29.8 Å². The van der Waals surface area contributed by atoms with Gasteiger partial charge in [-0.05, 0) is 31.7 Å². The van der Waals surface area contributed by atoms with Crippen LogP contribution in [-0.4, -0.2) is 6.61 Å². The molecule has 1 aromatic rings. The number of aryl methyl sites for hydroxylation is 1.